The molecule has 0 spiro atoms. The Balaban J connectivity index is 2.75. The molecule has 0 bridgehead atoms. The standard InChI is InChI=1S/C10H9Br2N3O/c1-6-2-3-10(11,12)9-14-5-7(4-13)8(16)15(6)9/h5-6H,2-3H2,1H3. The molecule has 4 nitrogen and oxygen atoms in total. The van der Waals surface area contributed by atoms with E-state index in [9.17, 15) is 4.79 Å². The zero-order valence-electron chi connectivity index (χ0n) is 8.57. The van der Waals surface area contributed by atoms with Gasteiger partial charge in [0.25, 0.3) is 5.56 Å². The molecule has 0 fully saturated rings. The summed E-state index contributed by atoms with van der Waals surface area (Å²) in [5.41, 5.74) is -0.170. The molecule has 1 aromatic heterocycles. The van der Waals surface area contributed by atoms with Gasteiger partial charge < -0.3 is 0 Å². The normalized spacial score (nSPS) is 22.2. The minimum absolute atomic E-state index is 0.0755. The van der Waals surface area contributed by atoms with Crippen LogP contribution in [0.2, 0.25) is 0 Å². The zero-order valence-corrected chi connectivity index (χ0v) is 11.7. The Kier molecular flexibility index (Phi) is 2.93. The first kappa shape index (κ1) is 11.8. The van der Waals surface area contributed by atoms with E-state index in [2.05, 4.69) is 36.8 Å². The van der Waals surface area contributed by atoms with Crippen LogP contribution in [0.4, 0.5) is 0 Å². The molecule has 16 heavy (non-hydrogen) atoms. The van der Waals surface area contributed by atoms with Crippen molar-refractivity contribution in [3.8, 4) is 6.07 Å². The van der Waals surface area contributed by atoms with Crippen molar-refractivity contribution in [2.75, 3.05) is 0 Å². The number of nitrogens with zero attached hydrogens (tertiary/aromatic N) is 3. The van der Waals surface area contributed by atoms with Crippen LogP contribution in [0.5, 0.6) is 0 Å². The maximum Gasteiger partial charge on any atom is 0.271 e. The molecule has 2 heterocycles. The summed E-state index contributed by atoms with van der Waals surface area (Å²) in [4.78, 5) is 16.2. The fraction of sp³-hybridized carbons (Fsp3) is 0.500. The van der Waals surface area contributed by atoms with Crippen LogP contribution in [-0.2, 0) is 3.23 Å². The number of hydrogen-bond acceptors (Lipinski definition) is 3. The summed E-state index contributed by atoms with van der Waals surface area (Å²) < 4.78 is 1.13. The van der Waals surface area contributed by atoms with Crippen molar-refractivity contribution in [2.24, 2.45) is 0 Å². The minimum Gasteiger partial charge on any atom is -0.291 e. The van der Waals surface area contributed by atoms with Crippen molar-refractivity contribution in [1.29, 1.82) is 5.26 Å². The van der Waals surface area contributed by atoms with Crippen LogP contribution in [0.3, 0.4) is 0 Å². The molecule has 2 rings (SSSR count). The van der Waals surface area contributed by atoms with Gasteiger partial charge in [-0.1, -0.05) is 31.9 Å². The molecule has 0 radical (unpaired) electrons. The van der Waals surface area contributed by atoms with E-state index in [4.69, 9.17) is 5.26 Å². The first-order valence-corrected chi connectivity index (χ1v) is 6.46. The summed E-state index contributed by atoms with van der Waals surface area (Å²) in [6.07, 6.45) is 3.05. The molecule has 6 heteroatoms. The van der Waals surface area contributed by atoms with Crippen molar-refractivity contribution >= 4 is 31.9 Å². The fourth-order valence-electron chi connectivity index (χ4n) is 1.86. The van der Waals surface area contributed by atoms with E-state index in [1.807, 2.05) is 13.0 Å². The number of alkyl halides is 2. The van der Waals surface area contributed by atoms with Crippen molar-refractivity contribution in [3.63, 3.8) is 0 Å². The van der Waals surface area contributed by atoms with Gasteiger partial charge in [0.05, 0.1) is 6.20 Å². The lowest BCUT2D eigenvalue weighted by Crippen LogP contribution is -2.37. The molecular weight excluding hydrogens is 338 g/mol. The van der Waals surface area contributed by atoms with E-state index >= 15 is 0 Å². The average molecular weight is 347 g/mol. The van der Waals surface area contributed by atoms with E-state index in [0.717, 1.165) is 12.8 Å². The van der Waals surface area contributed by atoms with Crippen molar-refractivity contribution in [3.05, 3.63) is 27.9 Å². The van der Waals surface area contributed by atoms with Crippen LogP contribution >= 0.6 is 31.9 Å². The summed E-state index contributed by atoms with van der Waals surface area (Å²) in [6.45, 7) is 1.96. The van der Waals surface area contributed by atoms with E-state index < -0.39 is 3.23 Å². The second kappa shape index (κ2) is 3.97. The highest BCUT2D eigenvalue weighted by atomic mass is 79.9. The van der Waals surface area contributed by atoms with Crippen LogP contribution in [0.1, 0.15) is 37.2 Å². The van der Waals surface area contributed by atoms with Crippen LogP contribution < -0.4 is 5.56 Å². The molecule has 84 valence electrons. The lowest BCUT2D eigenvalue weighted by Gasteiger charge is -2.32. The highest BCUT2D eigenvalue weighted by Crippen LogP contribution is 2.46. The van der Waals surface area contributed by atoms with Crippen molar-refractivity contribution < 1.29 is 0 Å². The van der Waals surface area contributed by atoms with Gasteiger partial charge in [-0.15, -0.1) is 0 Å². The van der Waals surface area contributed by atoms with E-state index in [0.29, 0.717) is 5.82 Å². The number of nitriles is 1. The molecule has 1 unspecified atom stereocenters. The lowest BCUT2D eigenvalue weighted by molar-refractivity contribution is 0.392. The third kappa shape index (κ3) is 1.72. The Bertz CT molecular complexity index is 530. The molecule has 0 aromatic carbocycles. The smallest absolute Gasteiger partial charge is 0.271 e. The fourth-order valence-corrected chi connectivity index (χ4v) is 2.90. The molecule has 0 saturated heterocycles. The Hall–Kier alpha value is -0.670. The van der Waals surface area contributed by atoms with Crippen LogP contribution in [0.25, 0.3) is 0 Å². The Morgan fingerprint density at radius 2 is 2.38 bits per heavy atom. The summed E-state index contributed by atoms with van der Waals surface area (Å²) in [6, 6.07) is 1.94. The van der Waals surface area contributed by atoms with Gasteiger partial charge in [0.15, 0.2) is 0 Å². The Morgan fingerprint density at radius 1 is 1.69 bits per heavy atom. The third-order valence-electron chi connectivity index (χ3n) is 2.76. The van der Waals surface area contributed by atoms with Crippen molar-refractivity contribution in [2.45, 2.75) is 29.0 Å². The van der Waals surface area contributed by atoms with Gasteiger partial charge in [0.1, 0.15) is 20.7 Å². The second-order valence-electron chi connectivity index (χ2n) is 3.87. The summed E-state index contributed by atoms with van der Waals surface area (Å²) in [7, 11) is 0. The highest BCUT2D eigenvalue weighted by molar-refractivity contribution is 9.24. The van der Waals surface area contributed by atoms with Gasteiger partial charge in [-0.2, -0.15) is 5.26 Å². The number of fused-ring (bicyclic) bond motifs is 1. The first-order valence-electron chi connectivity index (χ1n) is 4.87. The monoisotopic (exact) mass is 345 g/mol. The quantitative estimate of drug-likeness (QED) is 0.678. The predicted octanol–water partition coefficient (Wildman–Crippen LogP) is 2.41. The molecule has 0 aliphatic carbocycles. The maximum absolute atomic E-state index is 12.0. The number of rotatable bonds is 0. The zero-order chi connectivity index (χ0) is 11.9. The molecule has 0 amide bonds. The lowest BCUT2D eigenvalue weighted by atomic mass is 10.0. The SMILES string of the molecule is CC1CCC(Br)(Br)c2ncc(C#N)c(=O)n21. The number of aromatic nitrogens is 2. The van der Waals surface area contributed by atoms with Gasteiger partial charge in [-0.25, -0.2) is 4.98 Å². The van der Waals surface area contributed by atoms with Crippen LogP contribution in [-0.4, -0.2) is 9.55 Å². The molecule has 1 aliphatic heterocycles. The molecule has 0 saturated carbocycles. The average Bonchev–Trinajstić information content (AvgIpc) is 2.24. The number of hydrogen-bond donors (Lipinski definition) is 0. The van der Waals surface area contributed by atoms with Crippen LogP contribution in [0, 0.1) is 11.3 Å². The van der Waals surface area contributed by atoms with Crippen LogP contribution in [0.15, 0.2) is 11.0 Å². The molecule has 1 aliphatic rings. The van der Waals surface area contributed by atoms with E-state index in [1.54, 1.807) is 4.57 Å². The molecule has 1 atom stereocenters. The molecule has 1 aromatic rings. The Morgan fingerprint density at radius 3 is 3.00 bits per heavy atom. The molecule has 0 N–H and O–H groups in total. The summed E-state index contributed by atoms with van der Waals surface area (Å²) in [5.74, 6) is 0.634. The third-order valence-corrected chi connectivity index (χ3v) is 4.26. The van der Waals surface area contributed by atoms with Gasteiger partial charge in [0, 0.05) is 6.04 Å². The largest absolute Gasteiger partial charge is 0.291 e. The van der Waals surface area contributed by atoms with Crippen molar-refractivity contribution in [1.82, 2.24) is 9.55 Å². The van der Waals surface area contributed by atoms with Gasteiger partial charge in [-0.3, -0.25) is 9.36 Å². The van der Waals surface area contributed by atoms with E-state index in [1.165, 1.54) is 6.20 Å². The first-order chi connectivity index (χ1) is 7.47. The Labute approximate surface area is 110 Å². The number of halogens is 2. The van der Waals surface area contributed by atoms with Gasteiger partial charge >= 0.3 is 0 Å². The molecular formula is C10H9Br2N3O. The minimum atomic E-state index is -0.459. The topological polar surface area (TPSA) is 58.7 Å². The summed E-state index contributed by atoms with van der Waals surface area (Å²) >= 11 is 7.02. The van der Waals surface area contributed by atoms with Gasteiger partial charge in [0.2, 0.25) is 0 Å². The second-order valence-corrected chi connectivity index (χ2v) is 7.65. The maximum atomic E-state index is 12.0. The van der Waals surface area contributed by atoms with E-state index in [-0.39, 0.29) is 17.2 Å². The summed E-state index contributed by atoms with van der Waals surface area (Å²) in [5, 5.41) is 8.81. The van der Waals surface area contributed by atoms with Gasteiger partial charge in [-0.05, 0) is 19.8 Å². The highest BCUT2D eigenvalue weighted by Gasteiger charge is 2.36. The predicted molar refractivity (Wildman–Crippen MR) is 66.7 cm³/mol.